The molecule has 0 aromatic carbocycles. The van der Waals surface area contributed by atoms with Gasteiger partial charge < -0.3 is 0 Å². The van der Waals surface area contributed by atoms with Gasteiger partial charge in [0.05, 0.1) is 11.6 Å². The molecule has 0 saturated heterocycles. The molecule has 1 aliphatic carbocycles. The van der Waals surface area contributed by atoms with Gasteiger partial charge in [0.2, 0.25) is 0 Å². The highest BCUT2D eigenvalue weighted by atomic mass is 19.2. The molecule has 0 radical (unpaired) electrons. The standard InChI is InChI=1S/C8H3F3N2/c9-6-1-5(3-12)7(10)8(11,2-6)4-13/h1-2,7H. The van der Waals surface area contributed by atoms with Gasteiger partial charge >= 0.3 is 0 Å². The van der Waals surface area contributed by atoms with E-state index in [2.05, 4.69) is 0 Å². The fraction of sp³-hybridized carbons (Fsp3) is 0.250. The second-order valence-electron chi connectivity index (χ2n) is 2.48. The van der Waals surface area contributed by atoms with Crippen molar-refractivity contribution in [3.8, 4) is 12.1 Å². The Bertz CT molecular complexity index is 372. The first-order valence-corrected chi connectivity index (χ1v) is 3.28. The van der Waals surface area contributed by atoms with E-state index < -0.39 is 23.2 Å². The van der Waals surface area contributed by atoms with Crippen molar-refractivity contribution in [2.45, 2.75) is 11.8 Å². The zero-order valence-electron chi connectivity index (χ0n) is 6.26. The third-order valence-electron chi connectivity index (χ3n) is 1.58. The van der Waals surface area contributed by atoms with E-state index in [0.29, 0.717) is 6.08 Å². The van der Waals surface area contributed by atoms with Gasteiger partial charge in [0.15, 0.2) is 6.17 Å². The molecule has 2 atom stereocenters. The Balaban J connectivity index is 3.20. The smallest absolute Gasteiger partial charge is 0.236 e. The Morgan fingerprint density at radius 2 is 2.08 bits per heavy atom. The molecule has 0 aromatic heterocycles. The molecule has 0 N–H and O–H groups in total. The number of alkyl halides is 2. The molecule has 1 rings (SSSR count). The maximum atomic E-state index is 13.1. The minimum atomic E-state index is -3.07. The molecule has 2 unspecified atom stereocenters. The monoisotopic (exact) mass is 184 g/mol. The summed E-state index contributed by atoms with van der Waals surface area (Å²) in [6.07, 6.45) is -1.62. The van der Waals surface area contributed by atoms with Crippen LogP contribution >= 0.6 is 0 Å². The summed E-state index contributed by atoms with van der Waals surface area (Å²) >= 11 is 0. The summed E-state index contributed by atoms with van der Waals surface area (Å²) in [6, 6.07) is 2.26. The van der Waals surface area contributed by atoms with Gasteiger partial charge in [-0.05, 0) is 6.08 Å². The SMILES string of the molecule is N#CC1=CC(F)=CC(F)(C#N)C1F. The highest BCUT2D eigenvalue weighted by Crippen LogP contribution is 2.32. The summed E-state index contributed by atoms with van der Waals surface area (Å²) in [6.45, 7) is 0. The number of rotatable bonds is 0. The lowest BCUT2D eigenvalue weighted by Crippen LogP contribution is -2.34. The van der Waals surface area contributed by atoms with Crippen molar-refractivity contribution in [2.24, 2.45) is 0 Å². The molecule has 0 aliphatic heterocycles. The molecule has 0 amide bonds. The first-order chi connectivity index (χ1) is 6.03. The number of nitriles is 2. The van der Waals surface area contributed by atoms with E-state index in [1.807, 2.05) is 0 Å². The first kappa shape index (κ1) is 9.34. The Morgan fingerprint density at radius 1 is 1.46 bits per heavy atom. The van der Waals surface area contributed by atoms with Crippen molar-refractivity contribution in [2.75, 3.05) is 0 Å². The summed E-state index contributed by atoms with van der Waals surface area (Å²) in [5.41, 5.74) is -3.78. The minimum absolute atomic E-state index is 0.221. The van der Waals surface area contributed by atoms with Crippen molar-refractivity contribution in [3.05, 3.63) is 23.6 Å². The Morgan fingerprint density at radius 3 is 2.54 bits per heavy atom. The molecule has 0 aromatic rings. The Hall–Kier alpha value is -1.75. The van der Waals surface area contributed by atoms with E-state index >= 15 is 0 Å². The van der Waals surface area contributed by atoms with Crippen LogP contribution in [0.3, 0.4) is 0 Å². The highest BCUT2D eigenvalue weighted by molar-refractivity contribution is 5.44. The van der Waals surface area contributed by atoms with Gasteiger partial charge in [0, 0.05) is 6.08 Å². The number of hydrogen-bond acceptors (Lipinski definition) is 2. The second kappa shape index (κ2) is 2.95. The topological polar surface area (TPSA) is 47.6 Å². The van der Waals surface area contributed by atoms with Crippen molar-refractivity contribution < 1.29 is 13.2 Å². The maximum Gasteiger partial charge on any atom is 0.253 e. The predicted molar refractivity (Wildman–Crippen MR) is 37.2 cm³/mol. The van der Waals surface area contributed by atoms with Crippen LogP contribution in [-0.4, -0.2) is 11.8 Å². The number of halogens is 3. The van der Waals surface area contributed by atoms with Crippen molar-refractivity contribution in [3.63, 3.8) is 0 Å². The number of nitrogens with zero attached hydrogens (tertiary/aromatic N) is 2. The van der Waals surface area contributed by atoms with E-state index in [4.69, 9.17) is 10.5 Å². The molecule has 5 heteroatoms. The maximum absolute atomic E-state index is 13.1. The summed E-state index contributed by atoms with van der Waals surface area (Å²) in [4.78, 5) is 0. The van der Waals surface area contributed by atoms with Crippen LogP contribution in [0.4, 0.5) is 13.2 Å². The Kier molecular flexibility index (Phi) is 2.12. The molecule has 66 valence electrons. The molecule has 0 bridgehead atoms. The average Bonchev–Trinajstić information content (AvgIpc) is 2.11. The Labute approximate surface area is 72.2 Å². The zero-order chi connectivity index (χ0) is 10.1. The molecular weight excluding hydrogens is 181 g/mol. The summed E-state index contributed by atoms with van der Waals surface area (Å²) in [5, 5.41) is 16.5. The van der Waals surface area contributed by atoms with Crippen LogP contribution in [0.5, 0.6) is 0 Å². The average molecular weight is 184 g/mol. The quantitative estimate of drug-likeness (QED) is 0.576. The third-order valence-corrected chi connectivity index (χ3v) is 1.58. The molecular formula is C8H3F3N2. The van der Waals surface area contributed by atoms with Crippen LogP contribution < -0.4 is 0 Å². The molecule has 0 spiro atoms. The van der Waals surface area contributed by atoms with Crippen LogP contribution in [0.2, 0.25) is 0 Å². The minimum Gasteiger partial charge on any atom is -0.236 e. The van der Waals surface area contributed by atoms with Crippen LogP contribution in [0.15, 0.2) is 23.6 Å². The van der Waals surface area contributed by atoms with E-state index in [1.54, 1.807) is 0 Å². The second-order valence-corrected chi connectivity index (χ2v) is 2.48. The fourth-order valence-electron chi connectivity index (χ4n) is 0.941. The van der Waals surface area contributed by atoms with Gasteiger partial charge in [0.1, 0.15) is 11.9 Å². The van der Waals surface area contributed by atoms with E-state index in [9.17, 15) is 13.2 Å². The zero-order valence-corrected chi connectivity index (χ0v) is 6.26. The van der Waals surface area contributed by atoms with E-state index in [0.717, 1.165) is 6.07 Å². The van der Waals surface area contributed by atoms with Gasteiger partial charge in [0.25, 0.3) is 5.67 Å². The van der Waals surface area contributed by atoms with Gasteiger partial charge in [-0.1, -0.05) is 0 Å². The number of allylic oxidation sites excluding steroid dienone is 4. The first-order valence-electron chi connectivity index (χ1n) is 3.28. The van der Waals surface area contributed by atoms with Gasteiger partial charge in [-0.3, -0.25) is 0 Å². The lowest BCUT2D eigenvalue weighted by molar-refractivity contribution is 0.171. The molecule has 1 aliphatic rings. The van der Waals surface area contributed by atoms with Gasteiger partial charge in [-0.15, -0.1) is 0 Å². The molecule has 0 heterocycles. The molecule has 0 fully saturated rings. The van der Waals surface area contributed by atoms with Gasteiger partial charge in [-0.25, -0.2) is 13.2 Å². The highest BCUT2D eigenvalue weighted by Gasteiger charge is 2.43. The largest absolute Gasteiger partial charge is 0.253 e. The lowest BCUT2D eigenvalue weighted by Gasteiger charge is -2.20. The van der Waals surface area contributed by atoms with Crippen LogP contribution in [0, 0.1) is 22.7 Å². The lowest BCUT2D eigenvalue weighted by atomic mass is 9.91. The number of hydrogen-bond donors (Lipinski definition) is 0. The fourth-order valence-corrected chi connectivity index (χ4v) is 0.941. The normalized spacial score (nSPS) is 32.5. The predicted octanol–water partition coefficient (Wildman–Crippen LogP) is 1.87. The molecule has 13 heavy (non-hydrogen) atoms. The van der Waals surface area contributed by atoms with Crippen LogP contribution in [0.1, 0.15) is 0 Å². The summed E-state index contributed by atoms with van der Waals surface area (Å²) in [7, 11) is 0. The molecule has 0 saturated carbocycles. The van der Waals surface area contributed by atoms with Crippen LogP contribution in [-0.2, 0) is 0 Å². The van der Waals surface area contributed by atoms with Crippen LogP contribution in [0.25, 0.3) is 0 Å². The van der Waals surface area contributed by atoms with Crippen molar-refractivity contribution >= 4 is 0 Å². The summed E-state index contributed by atoms with van der Waals surface area (Å²) < 4.78 is 38.7. The van der Waals surface area contributed by atoms with E-state index in [1.165, 1.54) is 6.07 Å². The van der Waals surface area contributed by atoms with Crippen molar-refractivity contribution in [1.82, 2.24) is 0 Å². The van der Waals surface area contributed by atoms with E-state index in [-0.39, 0.29) is 6.08 Å². The van der Waals surface area contributed by atoms with Gasteiger partial charge in [-0.2, -0.15) is 10.5 Å². The van der Waals surface area contributed by atoms with Crippen molar-refractivity contribution in [1.29, 1.82) is 10.5 Å². The third kappa shape index (κ3) is 1.41. The molecule has 2 nitrogen and oxygen atoms in total. The summed E-state index contributed by atoms with van der Waals surface area (Å²) in [5.74, 6) is -1.12.